The first-order chi connectivity index (χ1) is 9.15. The number of halogens is 2. The van der Waals surface area contributed by atoms with Gasteiger partial charge >= 0.3 is 0 Å². The molecule has 0 amide bonds. The molecule has 100 valence electrons. The van der Waals surface area contributed by atoms with Crippen LogP contribution in [0, 0.1) is 0 Å². The average Bonchev–Trinajstić information content (AvgIpc) is 2.41. The van der Waals surface area contributed by atoms with E-state index in [4.69, 9.17) is 28.9 Å². The number of rotatable bonds is 5. The highest BCUT2D eigenvalue weighted by Crippen LogP contribution is 2.23. The SMILES string of the molecule is NC(CSc1ccccc1)Cc1ccc(Cl)cc1Cl. The smallest absolute Gasteiger partial charge is 0.0453 e. The number of hydrogen-bond donors (Lipinski definition) is 1. The highest BCUT2D eigenvalue weighted by Gasteiger charge is 2.08. The van der Waals surface area contributed by atoms with Crippen molar-refractivity contribution >= 4 is 35.0 Å². The van der Waals surface area contributed by atoms with E-state index in [9.17, 15) is 0 Å². The second kappa shape index (κ2) is 7.20. The number of nitrogens with two attached hydrogens (primary N) is 1. The first-order valence-electron chi connectivity index (χ1n) is 6.02. The Morgan fingerprint density at radius 3 is 2.47 bits per heavy atom. The summed E-state index contributed by atoms with van der Waals surface area (Å²) < 4.78 is 0. The third-order valence-electron chi connectivity index (χ3n) is 2.70. The van der Waals surface area contributed by atoms with Crippen LogP contribution >= 0.6 is 35.0 Å². The molecule has 0 saturated heterocycles. The lowest BCUT2D eigenvalue weighted by Crippen LogP contribution is -2.25. The van der Waals surface area contributed by atoms with Gasteiger partial charge in [-0.05, 0) is 36.2 Å². The Labute approximate surface area is 128 Å². The fourth-order valence-corrected chi connectivity index (χ4v) is 3.11. The van der Waals surface area contributed by atoms with E-state index in [1.807, 2.05) is 30.3 Å². The van der Waals surface area contributed by atoms with E-state index in [1.165, 1.54) is 4.90 Å². The maximum absolute atomic E-state index is 6.15. The minimum Gasteiger partial charge on any atom is -0.327 e. The lowest BCUT2D eigenvalue weighted by molar-refractivity contribution is 0.749. The Morgan fingerprint density at radius 2 is 1.79 bits per heavy atom. The molecular formula is C15H15Cl2NS. The fraction of sp³-hybridized carbons (Fsp3) is 0.200. The number of thioether (sulfide) groups is 1. The third-order valence-corrected chi connectivity index (χ3v) is 4.49. The van der Waals surface area contributed by atoms with Crippen LogP contribution in [0.2, 0.25) is 10.0 Å². The van der Waals surface area contributed by atoms with Gasteiger partial charge in [-0.15, -0.1) is 11.8 Å². The Hall–Kier alpha value is -0.670. The van der Waals surface area contributed by atoms with Gasteiger partial charge in [0, 0.05) is 26.7 Å². The molecule has 2 aromatic rings. The van der Waals surface area contributed by atoms with Gasteiger partial charge in [0.25, 0.3) is 0 Å². The zero-order valence-corrected chi connectivity index (χ0v) is 12.7. The molecular weight excluding hydrogens is 297 g/mol. The molecule has 0 fully saturated rings. The number of hydrogen-bond acceptors (Lipinski definition) is 2. The molecule has 0 radical (unpaired) electrons. The van der Waals surface area contributed by atoms with Gasteiger partial charge in [-0.1, -0.05) is 47.5 Å². The topological polar surface area (TPSA) is 26.0 Å². The standard InChI is InChI=1S/C15H15Cl2NS/c16-12-7-6-11(15(17)9-12)8-13(18)10-19-14-4-2-1-3-5-14/h1-7,9,13H,8,10,18H2. The van der Waals surface area contributed by atoms with Crippen LogP contribution in [-0.2, 0) is 6.42 Å². The van der Waals surface area contributed by atoms with Gasteiger partial charge in [0.15, 0.2) is 0 Å². The summed E-state index contributed by atoms with van der Waals surface area (Å²) >= 11 is 13.8. The van der Waals surface area contributed by atoms with Crippen molar-refractivity contribution < 1.29 is 0 Å². The van der Waals surface area contributed by atoms with Crippen LogP contribution in [0.5, 0.6) is 0 Å². The maximum atomic E-state index is 6.15. The highest BCUT2D eigenvalue weighted by atomic mass is 35.5. The lowest BCUT2D eigenvalue weighted by atomic mass is 10.1. The molecule has 2 N–H and O–H groups in total. The van der Waals surface area contributed by atoms with Crippen LogP contribution in [0.25, 0.3) is 0 Å². The summed E-state index contributed by atoms with van der Waals surface area (Å²) in [5.41, 5.74) is 7.20. The monoisotopic (exact) mass is 311 g/mol. The van der Waals surface area contributed by atoms with Gasteiger partial charge in [-0.3, -0.25) is 0 Å². The molecule has 4 heteroatoms. The summed E-state index contributed by atoms with van der Waals surface area (Å²) in [6, 6.07) is 15.9. The van der Waals surface area contributed by atoms with Crippen molar-refractivity contribution in [2.75, 3.05) is 5.75 Å². The van der Waals surface area contributed by atoms with Crippen LogP contribution in [0.15, 0.2) is 53.4 Å². The van der Waals surface area contributed by atoms with Crippen molar-refractivity contribution in [2.24, 2.45) is 5.73 Å². The van der Waals surface area contributed by atoms with Crippen molar-refractivity contribution in [3.63, 3.8) is 0 Å². The first kappa shape index (κ1) is 14.7. The molecule has 0 aliphatic heterocycles. The quantitative estimate of drug-likeness (QED) is 0.813. The second-order valence-corrected chi connectivity index (χ2v) is 6.26. The Balaban J connectivity index is 1.89. The molecule has 1 atom stereocenters. The average molecular weight is 312 g/mol. The minimum absolute atomic E-state index is 0.0730. The zero-order valence-electron chi connectivity index (χ0n) is 10.4. The molecule has 1 nitrogen and oxygen atoms in total. The van der Waals surface area contributed by atoms with Crippen molar-refractivity contribution in [2.45, 2.75) is 17.4 Å². The van der Waals surface area contributed by atoms with E-state index in [0.29, 0.717) is 10.0 Å². The van der Waals surface area contributed by atoms with Crippen molar-refractivity contribution in [3.8, 4) is 0 Å². The van der Waals surface area contributed by atoms with Crippen LogP contribution in [0.3, 0.4) is 0 Å². The fourth-order valence-electron chi connectivity index (χ4n) is 1.75. The van der Waals surface area contributed by atoms with E-state index >= 15 is 0 Å². The molecule has 0 aliphatic carbocycles. The minimum atomic E-state index is 0.0730. The van der Waals surface area contributed by atoms with E-state index in [1.54, 1.807) is 17.8 Å². The summed E-state index contributed by atoms with van der Waals surface area (Å²) in [5.74, 6) is 0.864. The summed E-state index contributed by atoms with van der Waals surface area (Å²) in [6.45, 7) is 0. The molecule has 2 aromatic carbocycles. The highest BCUT2D eigenvalue weighted by molar-refractivity contribution is 7.99. The predicted octanol–water partition coefficient (Wildman–Crippen LogP) is 4.66. The molecule has 0 aliphatic rings. The molecule has 0 spiro atoms. The Bertz CT molecular complexity index is 531. The molecule has 1 unspecified atom stereocenters. The summed E-state index contributed by atoms with van der Waals surface area (Å²) in [6.07, 6.45) is 0.760. The van der Waals surface area contributed by atoms with Crippen LogP contribution < -0.4 is 5.73 Å². The summed E-state index contributed by atoms with van der Waals surface area (Å²) in [4.78, 5) is 1.24. The van der Waals surface area contributed by atoms with Crippen LogP contribution in [0.1, 0.15) is 5.56 Å². The molecule has 0 heterocycles. The van der Waals surface area contributed by atoms with Gasteiger partial charge in [0.05, 0.1) is 0 Å². The molecule has 0 bridgehead atoms. The lowest BCUT2D eigenvalue weighted by Gasteiger charge is -2.12. The van der Waals surface area contributed by atoms with E-state index in [0.717, 1.165) is 17.7 Å². The largest absolute Gasteiger partial charge is 0.327 e. The first-order valence-corrected chi connectivity index (χ1v) is 7.76. The van der Waals surface area contributed by atoms with E-state index in [-0.39, 0.29) is 6.04 Å². The van der Waals surface area contributed by atoms with Crippen LogP contribution in [-0.4, -0.2) is 11.8 Å². The van der Waals surface area contributed by atoms with Gasteiger partial charge < -0.3 is 5.73 Å². The molecule has 0 saturated carbocycles. The van der Waals surface area contributed by atoms with E-state index in [2.05, 4.69) is 12.1 Å². The van der Waals surface area contributed by atoms with Crippen LogP contribution in [0.4, 0.5) is 0 Å². The summed E-state index contributed by atoms with van der Waals surface area (Å²) in [5, 5.41) is 1.34. The van der Waals surface area contributed by atoms with Crippen molar-refractivity contribution in [1.82, 2.24) is 0 Å². The maximum Gasteiger partial charge on any atom is 0.0453 e. The van der Waals surface area contributed by atoms with Gasteiger partial charge in [-0.2, -0.15) is 0 Å². The van der Waals surface area contributed by atoms with E-state index < -0.39 is 0 Å². The van der Waals surface area contributed by atoms with Gasteiger partial charge in [0.2, 0.25) is 0 Å². The van der Waals surface area contributed by atoms with Crippen molar-refractivity contribution in [1.29, 1.82) is 0 Å². The Kier molecular flexibility index (Phi) is 5.59. The van der Waals surface area contributed by atoms with Gasteiger partial charge in [0.1, 0.15) is 0 Å². The molecule has 19 heavy (non-hydrogen) atoms. The Morgan fingerprint density at radius 1 is 1.05 bits per heavy atom. The summed E-state index contributed by atoms with van der Waals surface area (Å²) in [7, 11) is 0. The zero-order chi connectivity index (χ0) is 13.7. The predicted molar refractivity (Wildman–Crippen MR) is 85.3 cm³/mol. The normalized spacial score (nSPS) is 12.4. The molecule has 2 rings (SSSR count). The second-order valence-electron chi connectivity index (χ2n) is 4.32. The van der Waals surface area contributed by atoms with Crippen molar-refractivity contribution in [3.05, 3.63) is 64.1 Å². The number of benzene rings is 2. The van der Waals surface area contributed by atoms with Gasteiger partial charge in [-0.25, -0.2) is 0 Å². The molecule has 0 aromatic heterocycles. The third kappa shape index (κ3) is 4.73.